The fourth-order valence-corrected chi connectivity index (χ4v) is 2.35. The summed E-state index contributed by atoms with van der Waals surface area (Å²) in [5, 5.41) is 5.69. The second-order valence-electron chi connectivity index (χ2n) is 4.93. The summed E-state index contributed by atoms with van der Waals surface area (Å²) in [6.45, 7) is 5.84. The van der Waals surface area contributed by atoms with Crippen LogP contribution in [0.15, 0.2) is 17.0 Å². The number of nitrogens with one attached hydrogen (secondary N) is 2. The lowest BCUT2D eigenvalue weighted by Gasteiger charge is -2.21. The number of carbonyl (C=O) groups excluding carboxylic acids is 1. The van der Waals surface area contributed by atoms with Crippen molar-refractivity contribution in [2.24, 2.45) is 5.92 Å². The minimum atomic E-state index is -0.203. The Bertz CT molecular complexity index is 492. The molecule has 2 amide bonds. The van der Waals surface area contributed by atoms with Crippen LogP contribution < -0.4 is 20.1 Å². The summed E-state index contributed by atoms with van der Waals surface area (Å²) in [6.07, 6.45) is 1.96. The first-order valence-corrected chi connectivity index (χ1v) is 7.85. The Labute approximate surface area is 123 Å². The van der Waals surface area contributed by atoms with Crippen LogP contribution >= 0.6 is 11.8 Å². The molecule has 6 heteroatoms. The number of hydrogen-bond acceptors (Lipinski definition) is 4. The third-order valence-electron chi connectivity index (χ3n) is 2.78. The summed E-state index contributed by atoms with van der Waals surface area (Å²) in [6, 6.07) is 3.51. The number of amides is 2. The van der Waals surface area contributed by atoms with Crippen molar-refractivity contribution in [2.45, 2.75) is 18.7 Å². The first-order chi connectivity index (χ1) is 9.60. The number of ether oxygens (including phenoxy) is 2. The van der Waals surface area contributed by atoms with Gasteiger partial charge in [0.15, 0.2) is 11.5 Å². The predicted molar refractivity (Wildman–Crippen MR) is 81.1 cm³/mol. The van der Waals surface area contributed by atoms with Crippen LogP contribution in [-0.4, -0.2) is 32.0 Å². The smallest absolute Gasteiger partial charge is 0.319 e. The number of urea groups is 1. The molecular formula is C14H20N2O3S. The largest absolute Gasteiger partial charge is 0.486 e. The van der Waals surface area contributed by atoms with Crippen LogP contribution in [0.2, 0.25) is 0 Å². The molecule has 0 bridgehead atoms. The molecule has 0 saturated carbocycles. The molecule has 0 fully saturated rings. The van der Waals surface area contributed by atoms with E-state index in [2.05, 4.69) is 24.5 Å². The van der Waals surface area contributed by atoms with Gasteiger partial charge in [-0.2, -0.15) is 0 Å². The molecule has 0 aliphatic carbocycles. The van der Waals surface area contributed by atoms with Gasteiger partial charge in [0.05, 0.1) is 5.69 Å². The summed E-state index contributed by atoms with van der Waals surface area (Å²) in [5.41, 5.74) is 0.739. The molecule has 2 N–H and O–H groups in total. The number of carbonyl (C=O) groups is 1. The molecule has 110 valence electrons. The molecule has 1 aromatic carbocycles. The molecule has 1 aliphatic rings. The van der Waals surface area contributed by atoms with Crippen molar-refractivity contribution >= 4 is 23.5 Å². The highest BCUT2D eigenvalue weighted by atomic mass is 32.2. The van der Waals surface area contributed by atoms with Gasteiger partial charge in [-0.25, -0.2) is 4.79 Å². The molecule has 1 aromatic rings. The van der Waals surface area contributed by atoms with Crippen LogP contribution in [0.25, 0.3) is 0 Å². The topological polar surface area (TPSA) is 59.6 Å². The molecule has 1 heterocycles. The lowest BCUT2D eigenvalue weighted by atomic mass is 10.2. The van der Waals surface area contributed by atoms with Gasteiger partial charge >= 0.3 is 6.03 Å². The number of rotatable bonds is 4. The van der Waals surface area contributed by atoms with E-state index < -0.39 is 0 Å². The normalized spacial score (nSPS) is 13.2. The number of anilines is 1. The maximum atomic E-state index is 11.8. The highest BCUT2D eigenvalue weighted by Crippen LogP contribution is 2.39. The van der Waals surface area contributed by atoms with E-state index in [1.165, 1.54) is 0 Å². The SMILES string of the molecule is CSc1cc2c(cc1NC(=O)NCC(C)C)OCCO2. The Hall–Kier alpha value is -1.56. The molecule has 0 unspecified atom stereocenters. The van der Waals surface area contributed by atoms with Crippen molar-refractivity contribution in [3.8, 4) is 11.5 Å². The summed E-state index contributed by atoms with van der Waals surface area (Å²) in [4.78, 5) is 12.8. The van der Waals surface area contributed by atoms with Gasteiger partial charge in [0, 0.05) is 17.5 Å². The van der Waals surface area contributed by atoms with E-state index in [0.717, 1.165) is 16.3 Å². The van der Waals surface area contributed by atoms with Gasteiger partial charge in [-0.1, -0.05) is 13.8 Å². The number of benzene rings is 1. The highest BCUT2D eigenvalue weighted by Gasteiger charge is 2.16. The standard InChI is InChI=1S/C14H20N2O3S/c1-9(2)8-15-14(17)16-10-6-11-12(7-13(10)20-3)19-5-4-18-11/h6-7,9H,4-5,8H2,1-3H3,(H2,15,16,17). The third-order valence-corrected chi connectivity index (χ3v) is 3.56. The fourth-order valence-electron chi connectivity index (χ4n) is 1.80. The zero-order valence-corrected chi connectivity index (χ0v) is 12.8. The second kappa shape index (κ2) is 6.74. The second-order valence-corrected chi connectivity index (χ2v) is 5.77. The number of thioether (sulfide) groups is 1. The van der Waals surface area contributed by atoms with E-state index in [0.29, 0.717) is 31.4 Å². The van der Waals surface area contributed by atoms with E-state index in [1.54, 1.807) is 11.8 Å². The summed E-state index contributed by atoms with van der Waals surface area (Å²) >= 11 is 1.56. The minimum Gasteiger partial charge on any atom is -0.486 e. The molecular weight excluding hydrogens is 276 g/mol. The molecule has 0 aromatic heterocycles. The van der Waals surface area contributed by atoms with E-state index in [9.17, 15) is 4.79 Å². The van der Waals surface area contributed by atoms with Crippen LogP contribution in [0.5, 0.6) is 11.5 Å². The lowest BCUT2D eigenvalue weighted by Crippen LogP contribution is -2.31. The van der Waals surface area contributed by atoms with E-state index in [-0.39, 0.29) is 6.03 Å². The quantitative estimate of drug-likeness (QED) is 0.839. The van der Waals surface area contributed by atoms with Gasteiger partial charge in [0.2, 0.25) is 0 Å². The molecule has 0 atom stereocenters. The number of fused-ring (bicyclic) bond motifs is 1. The van der Waals surface area contributed by atoms with Gasteiger partial charge in [-0.15, -0.1) is 11.8 Å². The van der Waals surface area contributed by atoms with Crippen LogP contribution in [0.1, 0.15) is 13.8 Å². The zero-order chi connectivity index (χ0) is 14.5. The lowest BCUT2D eigenvalue weighted by molar-refractivity contribution is 0.171. The maximum absolute atomic E-state index is 11.8. The van der Waals surface area contributed by atoms with Crippen molar-refractivity contribution in [1.82, 2.24) is 5.32 Å². The van der Waals surface area contributed by atoms with E-state index in [1.807, 2.05) is 18.4 Å². The predicted octanol–water partition coefficient (Wildman–Crippen LogP) is 2.96. The zero-order valence-electron chi connectivity index (χ0n) is 12.0. The van der Waals surface area contributed by atoms with E-state index >= 15 is 0 Å². The fraction of sp³-hybridized carbons (Fsp3) is 0.500. The molecule has 0 saturated heterocycles. The van der Waals surface area contributed by atoms with Crippen molar-refractivity contribution in [3.05, 3.63) is 12.1 Å². The molecule has 2 rings (SSSR count). The average molecular weight is 296 g/mol. The first kappa shape index (κ1) is 14.8. The van der Waals surface area contributed by atoms with Crippen LogP contribution in [-0.2, 0) is 0 Å². The van der Waals surface area contributed by atoms with E-state index in [4.69, 9.17) is 9.47 Å². The highest BCUT2D eigenvalue weighted by molar-refractivity contribution is 7.98. The van der Waals surface area contributed by atoms with Gasteiger partial charge in [0.1, 0.15) is 13.2 Å². The van der Waals surface area contributed by atoms with Gasteiger partial charge < -0.3 is 20.1 Å². The van der Waals surface area contributed by atoms with Gasteiger partial charge in [-0.05, 0) is 18.2 Å². The average Bonchev–Trinajstić information content (AvgIpc) is 2.44. The van der Waals surface area contributed by atoms with Crippen LogP contribution in [0, 0.1) is 5.92 Å². The number of hydrogen-bond donors (Lipinski definition) is 2. The summed E-state index contributed by atoms with van der Waals surface area (Å²) in [7, 11) is 0. The molecule has 0 spiro atoms. The van der Waals surface area contributed by atoms with Crippen molar-refractivity contribution in [2.75, 3.05) is 31.3 Å². The molecule has 20 heavy (non-hydrogen) atoms. The summed E-state index contributed by atoms with van der Waals surface area (Å²) in [5.74, 6) is 1.82. The Morgan fingerprint density at radius 1 is 1.30 bits per heavy atom. The third kappa shape index (κ3) is 3.72. The van der Waals surface area contributed by atoms with Gasteiger partial charge in [0.25, 0.3) is 0 Å². The minimum absolute atomic E-state index is 0.203. The molecule has 0 radical (unpaired) electrons. The Morgan fingerprint density at radius 2 is 1.95 bits per heavy atom. The first-order valence-electron chi connectivity index (χ1n) is 6.62. The Balaban J connectivity index is 2.11. The van der Waals surface area contributed by atoms with Crippen molar-refractivity contribution in [3.63, 3.8) is 0 Å². The van der Waals surface area contributed by atoms with Crippen molar-refractivity contribution < 1.29 is 14.3 Å². The van der Waals surface area contributed by atoms with Crippen molar-refractivity contribution in [1.29, 1.82) is 0 Å². The van der Waals surface area contributed by atoms with Crippen LogP contribution in [0.4, 0.5) is 10.5 Å². The van der Waals surface area contributed by atoms with Crippen LogP contribution in [0.3, 0.4) is 0 Å². The summed E-state index contributed by atoms with van der Waals surface area (Å²) < 4.78 is 11.1. The monoisotopic (exact) mass is 296 g/mol. The Morgan fingerprint density at radius 3 is 2.55 bits per heavy atom. The molecule has 1 aliphatic heterocycles. The van der Waals surface area contributed by atoms with Gasteiger partial charge in [-0.3, -0.25) is 0 Å². The Kier molecular flexibility index (Phi) is 5.00. The maximum Gasteiger partial charge on any atom is 0.319 e. The molecule has 5 nitrogen and oxygen atoms in total.